The average molecular weight is 249 g/mol. The Balaban J connectivity index is 2.28. The summed E-state index contributed by atoms with van der Waals surface area (Å²) in [5.41, 5.74) is 7.56. The van der Waals surface area contributed by atoms with Crippen LogP contribution in [0.4, 0.5) is 0 Å². The molecule has 1 heterocycles. The summed E-state index contributed by atoms with van der Waals surface area (Å²) in [6, 6.07) is 6.07. The Hall–Kier alpha value is -1.22. The van der Waals surface area contributed by atoms with Crippen molar-refractivity contribution in [2.45, 2.75) is 39.7 Å². The average Bonchev–Trinajstić information content (AvgIpc) is 2.62. The summed E-state index contributed by atoms with van der Waals surface area (Å²) < 4.78 is 11.3. The number of hydrogen-bond acceptors (Lipinski definition) is 3. The second-order valence-electron chi connectivity index (χ2n) is 5.58. The van der Waals surface area contributed by atoms with Crippen LogP contribution in [0.15, 0.2) is 18.2 Å². The van der Waals surface area contributed by atoms with Gasteiger partial charge in [-0.2, -0.15) is 0 Å². The normalized spacial score (nSPS) is 17.1. The van der Waals surface area contributed by atoms with Gasteiger partial charge in [-0.05, 0) is 29.5 Å². The van der Waals surface area contributed by atoms with Crippen LogP contribution >= 0.6 is 0 Å². The molecule has 0 aliphatic carbocycles. The first-order chi connectivity index (χ1) is 8.54. The smallest absolute Gasteiger partial charge is 0.161 e. The van der Waals surface area contributed by atoms with Gasteiger partial charge in [-0.3, -0.25) is 0 Å². The molecule has 1 atom stereocenters. The van der Waals surface area contributed by atoms with Gasteiger partial charge in [0.1, 0.15) is 0 Å². The van der Waals surface area contributed by atoms with Crippen LogP contribution in [0.3, 0.4) is 0 Å². The Bertz CT molecular complexity index is 415. The van der Waals surface area contributed by atoms with Crippen LogP contribution in [-0.4, -0.2) is 13.2 Å². The van der Waals surface area contributed by atoms with Crippen LogP contribution in [0.25, 0.3) is 0 Å². The molecule has 1 aliphatic heterocycles. The summed E-state index contributed by atoms with van der Waals surface area (Å²) in [4.78, 5) is 0. The van der Waals surface area contributed by atoms with Crippen molar-refractivity contribution in [2.24, 2.45) is 11.1 Å². The van der Waals surface area contributed by atoms with Gasteiger partial charge in [0, 0.05) is 12.5 Å². The molecule has 3 nitrogen and oxygen atoms in total. The highest BCUT2D eigenvalue weighted by Gasteiger charge is 2.26. The zero-order valence-electron chi connectivity index (χ0n) is 11.5. The highest BCUT2D eigenvalue weighted by Crippen LogP contribution is 2.38. The zero-order chi connectivity index (χ0) is 13.2. The van der Waals surface area contributed by atoms with Gasteiger partial charge in [0.15, 0.2) is 11.5 Å². The van der Waals surface area contributed by atoms with Crippen molar-refractivity contribution in [3.05, 3.63) is 23.8 Å². The van der Waals surface area contributed by atoms with E-state index in [1.807, 2.05) is 12.1 Å². The third kappa shape index (κ3) is 2.61. The lowest BCUT2D eigenvalue weighted by molar-refractivity contribution is 0.276. The van der Waals surface area contributed by atoms with Gasteiger partial charge >= 0.3 is 0 Å². The number of ether oxygens (including phenoxy) is 2. The molecule has 0 radical (unpaired) electrons. The van der Waals surface area contributed by atoms with Crippen molar-refractivity contribution in [1.82, 2.24) is 0 Å². The molecule has 1 aromatic rings. The van der Waals surface area contributed by atoms with E-state index in [0.29, 0.717) is 6.61 Å². The lowest BCUT2D eigenvalue weighted by atomic mass is 9.79. The van der Waals surface area contributed by atoms with Gasteiger partial charge in [0.25, 0.3) is 0 Å². The molecule has 0 saturated heterocycles. The maximum absolute atomic E-state index is 6.36. The predicted molar refractivity (Wildman–Crippen MR) is 73.0 cm³/mol. The summed E-state index contributed by atoms with van der Waals surface area (Å²) in [6.45, 7) is 7.99. The molecule has 2 rings (SSSR count). The molecule has 2 N–H and O–H groups in total. The number of benzene rings is 1. The van der Waals surface area contributed by atoms with E-state index in [1.54, 1.807) is 0 Å². The summed E-state index contributed by atoms with van der Waals surface area (Å²) in [7, 11) is 0. The van der Waals surface area contributed by atoms with E-state index in [4.69, 9.17) is 15.2 Å². The van der Waals surface area contributed by atoms with Crippen molar-refractivity contribution in [3.8, 4) is 11.5 Å². The minimum atomic E-state index is 0.0136. The van der Waals surface area contributed by atoms with E-state index in [9.17, 15) is 0 Å². The predicted octanol–water partition coefficient (Wildman–Crippen LogP) is 3.28. The molecule has 0 saturated carbocycles. The first-order valence-electron chi connectivity index (χ1n) is 6.69. The standard InChI is InChI=1S/C15H23NO2/c1-4-15(2,3)14(16)11-6-7-12-13(10-11)18-9-5-8-17-12/h6-7,10,14H,4-5,8-9,16H2,1-3H3. The van der Waals surface area contributed by atoms with Crippen LogP contribution in [0, 0.1) is 5.41 Å². The van der Waals surface area contributed by atoms with Gasteiger partial charge in [-0.25, -0.2) is 0 Å². The molecule has 18 heavy (non-hydrogen) atoms. The third-order valence-electron chi connectivity index (χ3n) is 3.88. The first-order valence-corrected chi connectivity index (χ1v) is 6.69. The molecule has 1 aromatic carbocycles. The molecule has 100 valence electrons. The van der Waals surface area contributed by atoms with Gasteiger partial charge < -0.3 is 15.2 Å². The van der Waals surface area contributed by atoms with Gasteiger partial charge in [0.05, 0.1) is 13.2 Å². The number of rotatable bonds is 3. The van der Waals surface area contributed by atoms with Crippen LogP contribution in [0.1, 0.15) is 45.2 Å². The van der Waals surface area contributed by atoms with Crippen LogP contribution in [-0.2, 0) is 0 Å². The van der Waals surface area contributed by atoms with Gasteiger partial charge in [-0.1, -0.05) is 26.8 Å². The quantitative estimate of drug-likeness (QED) is 0.894. The second-order valence-corrected chi connectivity index (χ2v) is 5.58. The number of hydrogen-bond donors (Lipinski definition) is 1. The van der Waals surface area contributed by atoms with Crippen molar-refractivity contribution in [2.75, 3.05) is 13.2 Å². The monoisotopic (exact) mass is 249 g/mol. The minimum Gasteiger partial charge on any atom is -0.490 e. The minimum absolute atomic E-state index is 0.0136. The molecular formula is C15H23NO2. The molecule has 0 bridgehead atoms. The Morgan fingerprint density at radius 3 is 2.56 bits per heavy atom. The Morgan fingerprint density at radius 2 is 1.89 bits per heavy atom. The maximum atomic E-state index is 6.36. The molecule has 3 heteroatoms. The fourth-order valence-corrected chi connectivity index (χ4v) is 2.04. The molecule has 0 spiro atoms. The van der Waals surface area contributed by atoms with E-state index in [0.717, 1.165) is 36.5 Å². The fourth-order valence-electron chi connectivity index (χ4n) is 2.04. The lowest BCUT2D eigenvalue weighted by Crippen LogP contribution is -2.28. The molecular weight excluding hydrogens is 226 g/mol. The second kappa shape index (κ2) is 5.19. The van der Waals surface area contributed by atoms with Crippen molar-refractivity contribution < 1.29 is 9.47 Å². The van der Waals surface area contributed by atoms with Gasteiger partial charge in [-0.15, -0.1) is 0 Å². The molecule has 1 unspecified atom stereocenters. The van der Waals surface area contributed by atoms with E-state index in [2.05, 4.69) is 26.8 Å². The Kier molecular flexibility index (Phi) is 3.81. The van der Waals surface area contributed by atoms with Gasteiger partial charge in [0.2, 0.25) is 0 Å². The lowest BCUT2D eigenvalue weighted by Gasteiger charge is -2.31. The summed E-state index contributed by atoms with van der Waals surface area (Å²) in [5.74, 6) is 1.66. The molecule has 0 aromatic heterocycles. The van der Waals surface area contributed by atoms with E-state index in [-0.39, 0.29) is 11.5 Å². The van der Waals surface area contributed by atoms with E-state index < -0.39 is 0 Å². The first kappa shape index (κ1) is 13.2. The largest absolute Gasteiger partial charge is 0.490 e. The van der Waals surface area contributed by atoms with Crippen LogP contribution in [0.5, 0.6) is 11.5 Å². The van der Waals surface area contributed by atoms with Crippen LogP contribution in [0.2, 0.25) is 0 Å². The fraction of sp³-hybridized carbons (Fsp3) is 0.600. The highest BCUT2D eigenvalue weighted by atomic mass is 16.5. The maximum Gasteiger partial charge on any atom is 0.161 e. The SMILES string of the molecule is CCC(C)(C)C(N)c1ccc2c(c1)OCCCO2. The van der Waals surface area contributed by atoms with Crippen molar-refractivity contribution in [3.63, 3.8) is 0 Å². The molecule has 0 fully saturated rings. The van der Waals surface area contributed by atoms with Crippen molar-refractivity contribution >= 4 is 0 Å². The summed E-state index contributed by atoms with van der Waals surface area (Å²) >= 11 is 0. The van der Waals surface area contributed by atoms with E-state index >= 15 is 0 Å². The molecule has 1 aliphatic rings. The number of nitrogens with two attached hydrogens (primary N) is 1. The summed E-state index contributed by atoms with van der Waals surface area (Å²) in [6.07, 6.45) is 1.97. The van der Waals surface area contributed by atoms with Crippen LogP contribution < -0.4 is 15.2 Å². The Morgan fingerprint density at radius 1 is 1.22 bits per heavy atom. The number of fused-ring (bicyclic) bond motifs is 1. The highest BCUT2D eigenvalue weighted by molar-refractivity contribution is 5.44. The summed E-state index contributed by atoms with van der Waals surface area (Å²) in [5, 5.41) is 0. The Labute approximate surface area is 109 Å². The third-order valence-corrected chi connectivity index (χ3v) is 3.88. The zero-order valence-corrected chi connectivity index (χ0v) is 11.5. The van der Waals surface area contributed by atoms with E-state index in [1.165, 1.54) is 0 Å². The topological polar surface area (TPSA) is 44.5 Å². The van der Waals surface area contributed by atoms with Crippen molar-refractivity contribution in [1.29, 1.82) is 0 Å². The molecule has 0 amide bonds.